The fraction of sp³-hybridized carbons (Fsp3) is 0.184. The third kappa shape index (κ3) is 28.4. The van der Waals surface area contributed by atoms with Crippen LogP contribution in [0.4, 0.5) is 34.1 Å². The van der Waals surface area contributed by atoms with Gasteiger partial charge in [0.25, 0.3) is 0 Å². The maximum Gasteiger partial charge on any atom is 0.233 e. The number of aromatic nitrogens is 6. The average Bonchev–Trinajstić information content (AvgIpc) is 1.84. The van der Waals surface area contributed by atoms with E-state index in [-0.39, 0.29) is 92.0 Å². The van der Waals surface area contributed by atoms with Crippen molar-refractivity contribution in [3.63, 3.8) is 0 Å². The van der Waals surface area contributed by atoms with Crippen molar-refractivity contribution in [3.05, 3.63) is 354 Å². The second kappa shape index (κ2) is 50.8. The van der Waals surface area contributed by atoms with Crippen molar-refractivity contribution in [2.45, 2.75) is 81.8 Å². The van der Waals surface area contributed by atoms with Gasteiger partial charge in [-0.3, -0.25) is 28.8 Å². The van der Waals surface area contributed by atoms with Crippen molar-refractivity contribution in [2.75, 3.05) is 71.2 Å². The van der Waals surface area contributed by atoms with Gasteiger partial charge in [-0.05, 0) is 231 Å². The van der Waals surface area contributed by atoms with Gasteiger partial charge in [0.2, 0.25) is 35.4 Å². The van der Waals surface area contributed by atoms with Crippen LogP contribution in [0.15, 0.2) is 288 Å². The van der Waals surface area contributed by atoms with Gasteiger partial charge in [0.15, 0.2) is 0 Å². The first-order valence-electron chi connectivity index (χ1n) is 43.7. The van der Waals surface area contributed by atoms with Gasteiger partial charge >= 0.3 is 0 Å². The lowest BCUT2D eigenvalue weighted by atomic mass is 9.94. The van der Waals surface area contributed by atoms with Gasteiger partial charge in [-0.25, -0.2) is 29.9 Å². The van der Waals surface area contributed by atoms with Crippen molar-refractivity contribution in [1.82, 2.24) is 29.9 Å². The third-order valence-electron chi connectivity index (χ3n) is 22.2. The Morgan fingerprint density at radius 3 is 0.642 bits per heavy atom. The van der Waals surface area contributed by atoms with Gasteiger partial charge in [0, 0.05) is 63.8 Å². The van der Waals surface area contributed by atoms with Gasteiger partial charge < -0.3 is 76.5 Å². The molecule has 6 unspecified atom stereocenters. The quantitative estimate of drug-likeness (QED) is 0.0207. The molecule has 12 aromatic carbocycles. The minimum absolute atomic E-state index is 0.0110. The predicted octanol–water partition coefficient (Wildman–Crippen LogP) is 19.9. The Kier molecular flexibility index (Phi) is 37.6. The summed E-state index contributed by atoms with van der Waals surface area (Å²) in [6.07, 6.45) is 1.76. The molecular weight excluding hydrogens is 1880 g/mol. The smallest absolute Gasteiger partial charge is 0.233 e. The number of rotatable bonds is 29. The zero-order valence-electron chi connectivity index (χ0n) is 74.7. The number of aliphatic hydroxyl groups excluding tert-OH is 2. The largest absolute Gasteiger partial charge is 0.392 e. The minimum Gasteiger partial charge on any atom is -0.392 e. The van der Waals surface area contributed by atoms with Crippen LogP contribution in [-0.2, 0) is 42.0 Å². The van der Waals surface area contributed by atoms with Crippen LogP contribution in [0, 0.1) is 13.8 Å². The van der Waals surface area contributed by atoms with Crippen LogP contribution in [-0.4, -0.2) is 115 Å². The molecule has 0 spiro atoms. The lowest BCUT2D eigenvalue weighted by Gasteiger charge is -2.17. The number of aliphatic hydroxyl groups is 2. The highest BCUT2D eigenvalue weighted by Crippen LogP contribution is 2.34. The van der Waals surface area contributed by atoms with E-state index in [2.05, 4.69) is 61.8 Å². The molecule has 0 saturated heterocycles. The van der Waals surface area contributed by atoms with Gasteiger partial charge in [-0.2, -0.15) is 0 Å². The number of thiazole rings is 6. The fourth-order valence-corrected chi connectivity index (χ4v) is 19.3. The monoisotopic (exact) mass is 1980 g/mol. The summed E-state index contributed by atoms with van der Waals surface area (Å²) in [5, 5.41) is 37.2. The van der Waals surface area contributed by atoms with Crippen LogP contribution in [0.5, 0.6) is 0 Å². The number of benzene rings is 12. The third-order valence-corrected chi connectivity index (χ3v) is 27.5. The second-order valence-corrected chi connectivity index (χ2v) is 37.8. The summed E-state index contributed by atoms with van der Waals surface area (Å²) < 4.78 is 6.26. The van der Waals surface area contributed by atoms with E-state index in [1.165, 1.54) is 28.2 Å². The zero-order chi connectivity index (χ0) is 96.7. The summed E-state index contributed by atoms with van der Waals surface area (Å²) in [4.78, 5) is 101. The summed E-state index contributed by atoms with van der Waals surface area (Å²) >= 11 is 21.1. The number of halogens is 2. The van der Waals surface area contributed by atoms with E-state index in [1.807, 2.05) is 232 Å². The highest BCUT2D eigenvalue weighted by atomic mass is 35.5. The fourth-order valence-electron chi connectivity index (χ4n) is 14.7. The summed E-state index contributed by atoms with van der Waals surface area (Å²) in [7, 11) is 0. The zero-order valence-corrected chi connectivity index (χ0v) is 81.1. The number of carbonyl (C=O) groups excluding carboxylic acids is 6. The molecule has 0 aliphatic rings. The van der Waals surface area contributed by atoms with E-state index in [4.69, 9.17) is 67.8 Å². The minimum atomic E-state index is -0.431. The highest BCUT2D eigenvalue weighted by molar-refractivity contribution is 7.18. The van der Waals surface area contributed by atoms with Crippen LogP contribution in [0.3, 0.4) is 0 Å². The molecule has 18 aromatic rings. The lowest BCUT2D eigenvalue weighted by Crippen LogP contribution is -2.27. The number of aryl methyl sites for hydroxylation is 2. The number of nitrogens with two attached hydrogens (primary N) is 6. The Balaban J connectivity index is 0.000000139. The Morgan fingerprint density at radius 2 is 0.453 bits per heavy atom. The Hall–Kier alpha value is -12.9. The number of carbonyl (C=O) groups is 6. The standard InChI is InChI=1S/C18H19N3O2S.C18H19N3OS.C17H16ClN3OS.C17H17N3O2S.C17H17N3OS.C16H14ClN3OS/c19-8-7-15(13-3-1-12(10-22)2-4-13)18(23)21-14-5-6-16-17(9-14)24-11-20-16;1-12-2-4-13(5-3-12)15(8-9-19)18(22)21-14-6-7-16-17(10-14)23-11-20-16;18-12-3-1-11(2-4-12)14(7-8-19)17(22)21-13-5-6-15-16(9-13)23-10-20-15;18-8-14(12-3-1-11(9-21)2-4-12)17(22)20-13-5-6-15-16(7-13)23-10-19-15;1-11-2-4-12(5-3-11)14(9-18)17(21)20-13-6-7-15-16(8-13)22-10-19-15;17-11-3-1-10(2-4-11)13(8-18)16(21)20-12-5-6-14-15(7-12)22-9-19-14/h1-6,9,11,15,22H,7-8,10,19H2,(H,21,23);2-7,10-11,15H,8-9,19H2,1H3,(H,21,22);1-6,9-10,14H,7-8,19H2,(H,21,22);1-7,10,14,21H,8-9,18H2,(H,20,22);2-8,10,14H,9,18H2,1H3,(H,20,21);1-7,9,13H,8,18H2,(H,20,21). The van der Waals surface area contributed by atoms with Crippen molar-refractivity contribution < 1.29 is 39.0 Å². The first-order chi connectivity index (χ1) is 66.6. The van der Waals surface area contributed by atoms with Gasteiger partial charge in [-0.1, -0.05) is 156 Å². The number of amides is 6. The van der Waals surface area contributed by atoms with E-state index in [0.29, 0.717) is 48.9 Å². The summed E-state index contributed by atoms with van der Waals surface area (Å²) in [5.41, 5.74) is 64.7. The maximum absolute atomic E-state index is 12.7. The Bertz CT molecular complexity index is 6750. The van der Waals surface area contributed by atoms with Crippen molar-refractivity contribution in [3.8, 4) is 0 Å². The molecule has 20 N–H and O–H groups in total. The van der Waals surface area contributed by atoms with E-state index >= 15 is 0 Å². The SMILES string of the molecule is Cc1ccc(C(CCN)C(=O)Nc2ccc3ncsc3c2)cc1.Cc1ccc(C(CN)C(=O)Nc2ccc3ncsc3c2)cc1.NCC(C(=O)Nc1ccc2ncsc2c1)c1ccc(CO)cc1.NCC(C(=O)Nc1ccc2ncsc2c1)c1ccc(Cl)cc1.NCCC(C(=O)Nc1ccc2ncsc2c1)c1ccc(CO)cc1.NCCC(C(=O)Nc1ccc2ncsc2c1)c1ccc(Cl)cc1. The number of hydrogen-bond donors (Lipinski definition) is 14. The van der Waals surface area contributed by atoms with E-state index < -0.39 is 11.8 Å². The first-order valence-corrected chi connectivity index (χ1v) is 49.7. The van der Waals surface area contributed by atoms with Crippen LogP contribution in [0.25, 0.3) is 61.3 Å². The molecule has 0 fully saturated rings. The van der Waals surface area contributed by atoms with E-state index in [0.717, 1.165) is 145 Å². The average molecular weight is 1980 g/mol. The van der Waals surface area contributed by atoms with E-state index in [1.54, 1.807) is 115 Å². The summed E-state index contributed by atoms with van der Waals surface area (Å²) in [6, 6.07) is 79.2. The maximum atomic E-state index is 12.7. The number of anilines is 6. The second-order valence-electron chi connectivity index (χ2n) is 31.6. The van der Waals surface area contributed by atoms with Crippen LogP contribution in [0.1, 0.15) is 110 Å². The molecular formula is C103H102Cl2N18O8S6. The van der Waals surface area contributed by atoms with Crippen LogP contribution < -0.4 is 66.3 Å². The molecule has 137 heavy (non-hydrogen) atoms. The summed E-state index contributed by atoms with van der Waals surface area (Å²) in [6.45, 7) is 6.08. The Labute approximate surface area is 825 Å². The summed E-state index contributed by atoms with van der Waals surface area (Å²) in [5.74, 6) is -2.58. The number of nitrogens with zero attached hydrogens (tertiary/aromatic N) is 6. The van der Waals surface area contributed by atoms with Gasteiger partial charge in [-0.15, -0.1) is 68.0 Å². The molecule has 6 amide bonds. The lowest BCUT2D eigenvalue weighted by molar-refractivity contribution is -0.118. The van der Waals surface area contributed by atoms with E-state index in [9.17, 15) is 28.8 Å². The normalized spacial score (nSPS) is 12.3. The molecule has 6 atom stereocenters. The molecule has 0 aliphatic carbocycles. The topological polar surface area (TPSA) is 449 Å². The Morgan fingerprint density at radius 1 is 0.270 bits per heavy atom. The van der Waals surface area contributed by atoms with Crippen molar-refractivity contribution >= 4 is 222 Å². The van der Waals surface area contributed by atoms with Crippen LogP contribution >= 0.6 is 91.2 Å². The molecule has 702 valence electrons. The molecule has 6 heterocycles. The predicted molar refractivity (Wildman–Crippen MR) is 564 cm³/mol. The number of fused-ring (bicyclic) bond motifs is 6. The molecule has 18 rings (SSSR count). The molecule has 26 nitrogen and oxygen atoms in total. The molecule has 0 saturated carbocycles. The molecule has 0 radical (unpaired) electrons. The highest BCUT2D eigenvalue weighted by Gasteiger charge is 2.27. The van der Waals surface area contributed by atoms with Gasteiger partial charge in [0.05, 0.1) is 143 Å². The molecule has 0 bridgehead atoms. The molecule has 0 aliphatic heterocycles. The molecule has 34 heteroatoms. The van der Waals surface area contributed by atoms with Gasteiger partial charge in [0.1, 0.15) is 0 Å². The van der Waals surface area contributed by atoms with Crippen molar-refractivity contribution in [1.29, 1.82) is 0 Å². The first kappa shape index (κ1) is 101. The van der Waals surface area contributed by atoms with Crippen molar-refractivity contribution in [2.24, 2.45) is 34.4 Å². The number of nitrogens with one attached hydrogen (secondary N) is 6. The number of hydrogen-bond acceptors (Lipinski definition) is 26. The molecule has 6 aromatic heterocycles. The van der Waals surface area contributed by atoms with Crippen LogP contribution in [0.2, 0.25) is 10.0 Å².